The van der Waals surface area contributed by atoms with E-state index >= 15 is 0 Å². The van der Waals surface area contributed by atoms with E-state index in [2.05, 4.69) is 0 Å². The van der Waals surface area contributed by atoms with Gasteiger partial charge in [-0.25, -0.2) is 34.7 Å². The predicted molar refractivity (Wildman–Crippen MR) is 97.4 cm³/mol. The molecule has 1 saturated carbocycles. The van der Waals surface area contributed by atoms with Crippen LogP contribution in [0.15, 0.2) is 41.3 Å². The van der Waals surface area contributed by atoms with Crippen molar-refractivity contribution in [3.8, 4) is 0 Å². The summed E-state index contributed by atoms with van der Waals surface area (Å²) in [6.07, 6.45) is 0.929. The number of amides is 1. The number of sulfonamides is 2. The zero-order chi connectivity index (χ0) is 21.6. The van der Waals surface area contributed by atoms with E-state index in [9.17, 15) is 34.8 Å². The Morgan fingerprint density at radius 2 is 1.72 bits per heavy atom. The van der Waals surface area contributed by atoms with Gasteiger partial charge in [-0.2, -0.15) is 0 Å². The number of benzene rings is 2. The molecule has 1 aliphatic carbocycles. The Kier molecular flexibility index (Phi) is 5.34. The van der Waals surface area contributed by atoms with Gasteiger partial charge in [0, 0.05) is 5.92 Å². The standard InChI is InChI=1S/C17H15F3N2O5S2/c1-28(24,25)21-15-6-5-9(7-14(15)19)29(26,27)22-17(23)12-8-11(12)10-3-2-4-13(18)16(10)20/h2-7,11-12,21H,8H2,1H3,(H,22,23)/t11-,12-/m0/s1. The number of anilines is 1. The van der Waals surface area contributed by atoms with Gasteiger partial charge in [0.25, 0.3) is 10.0 Å². The molecular weight excluding hydrogens is 433 g/mol. The van der Waals surface area contributed by atoms with Crippen molar-refractivity contribution in [1.29, 1.82) is 0 Å². The lowest BCUT2D eigenvalue weighted by Crippen LogP contribution is -2.32. The van der Waals surface area contributed by atoms with Gasteiger partial charge in [0.05, 0.1) is 16.8 Å². The van der Waals surface area contributed by atoms with Gasteiger partial charge >= 0.3 is 0 Å². The van der Waals surface area contributed by atoms with Gasteiger partial charge in [-0.15, -0.1) is 0 Å². The Labute approximate surface area is 165 Å². The third-order valence-corrected chi connectivity index (χ3v) is 6.22. The van der Waals surface area contributed by atoms with Gasteiger partial charge in [0.2, 0.25) is 15.9 Å². The Hall–Kier alpha value is -2.60. The summed E-state index contributed by atoms with van der Waals surface area (Å²) in [4.78, 5) is 11.6. The van der Waals surface area contributed by atoms with Crippen LogP contribution in [-0.4, -0.2) is 29.0 Å². The molecule has 2 aromatic rings. The van der Waals surface area contributed by atoms with Crippen LogP contribution in [0.1, 0.15) is 17.9 Å². The fourth-order valence-electron chi connectivity index (χ4n) is 2.85. The minimum atomic E-state index is -4.46. The Morgan fingerprint density at radius 1 is 1.03 bits per heavy atom. The number of rotatable bonds is 6. The van der Waals surface area contributed by atoms with Crippen LogP contribution in [0, 0.1) is 23.4 Å². The first-order valence-corrected chi connectivity index (χ1v) is 11.5. The molecule has 12 heteroatoms. The van der Waals surface area contributed by atoms with Crippen molar-refractivity contribution in [2.45, 2.75) is 17.2 Å². The van der Waals surface area contributed by atoms with Crippen molar-refractivity contribution in [2.24, 2.45) is 5.92 Å². The quantitative estimate of drug-likeness (QED) is 0.703. The third kappa shape index (κ3) is 4.70. The summed E-state index contributed by atoms with van der Waals surface area (Å²) in [6, 6.07) is 5.90. The molecule has 0 bridgehead atoms. The minimum Gasteiger partial charge on any atom is -0.281 e. The number of nitrogens with one attached hydrogen (secondary N) is 2. The van der Waals surface area contributed by atoms with Crippen LogP contribution in [0.3, 0.4) is 0 Å². The van der Waals surface area contributed by atoms with E-state index in [1.807, 2.05) is 4.72 Å². The normalized spacial score (nSPS) is 18.9. The highest BCUT2D eigenvalue weighted by molar-refractivity contribution is 7.92. The monoisotopic (exact) mass is 448 g/mol. The smallest absolute Gasteiger partial charge is 0.264 e. The third-order valence-electron chi connectivity index (χ3n) is 4.29. The Morgan fingerprint density at radius 3 is 2.34 bits per heavy atom. The van der Waals surface area contributed by atoms with Crippen molar-refractivity contribution in [3.63, 3.8) is 0 Å². The average molecular weight is 448 g/mol. The fourth-order valence-corrected chi connectivity index (χ4v) is 4.45. The summed E-state index contributed by atoms with van der Waals surface area (Å²) in [6.45, 7) is 0. The van der Waals surface area contributed by atoms with Crippen LogP contribution in [0.5, 0.6) is 0 Å². The molecule has 0 spiro atoms. The highest BCUT2D eigenvalue weighted by Gasteiger charge is 2.46. The number of carbonyl (C=O) groups excluding carboxylic acids is 1. The summed E-state index contributed by atoms with van der Waals surface area (Å²) in [7, 11) is -8.23. The van der Waals surface area contributed by atoms with Crippen LogP contribution in [0.25, 0.3) is 0 Å². The molecule has 2 N–H and O–H groups in total. The highest BCUT2D eigenvalue weighted by Crippen LogP contribution is 2.48. The zero-order valence-corrected chi connectivity index (χ0v) is 16.5. The van der Waals surface area contributed by atoms with Crippen LogP contribution >= 0.6 is 0 Å². The summed E-state index contributed by atoms with van der Waals surface area (Å²) in [5.74, 6) is -5.79. The molecule has 0 heterocycles. The maximum atomic E-state index is 14.0. The molecular formula is C17H15F3N2O5S2. The topological polar surface area (TPSA) is 109 Å². The molecule has 2 atom stereocenters. The zero-order valence-electron chi connectivity index (χ0n) is 14.8. The van der Waals surface area contributed by atoms with Gasteiger partial charge < -0.3 is 0 Å². The van der Waals surface area contributed by atoms with Crippen molar-refractivity contribution in [2.75, 3.05) is 11.0 Å². The number of hydrogen-bond acceptors (Lipinski definition) is 5. The van der Waals surface area contributed by atoms with Crippen LogP contribution in [0.4, 0.5) is 18.9 Å². The largest absolute Gasteiger partial charge is 0.281 e. The van der Waals surface area contributed by atoms with E-state index in [0.717, 1.165) is 24.5 Å². The van der Waals surface area contributed by atoms with E-state index in [0.29, 0.717) is 6.07 Å². The molecule has 1 amide bonds. The van der Waals surface area contributed by atoms with Gasteiger partial charge in [0.15, 0.2) is 11.6 Å². The van der Waals surface area contributed by atoms with Gasteiger partial charge in [-0.05, 0) is 42.2 Å². The Balaban J connectivity index is 1.74. The second kappa shape index (κ2) is 7.34. The van der Waals surface area contributed by atoms with E-state index in [1.165, 1.54) is 12.1 Å². The van der Waals surface area contributed by atoms with Crippen LogP contribution in [0.2, 0.25) is 0 Å². The van der Waals surface area contributed by atoms with Gasteiger partial charge in [-0.3, -0.25) is 9.52 Å². The maximum absolute atomic E-state index is 14.0. The molecule has 7 nitrogen and oxygen atoms in total. The van der Waals surface area contributed by atoms with Crippen molar-refractivity contribution in [3.05, 3.63) is 59.4 Å². The molecule has 29 heavy (non-hydrogen) atoms. The molecule has 1 fully saturated rings. The lowest BCUT2D eigenvalue weighted by molar-refractivity contribution is -0.120. The molecule has 0 unspecified atom stereocenters. The minimum absolute atomic E-state index is 0.0233. The first-order valence-electron chi connectivity index (χ1n) is 8.17. The highest BCUT2D eigenvalue weighted by atomic mass is 32.2. The Bertz CT molecular complexity index is 1200. The fraction of sp³-hybridized carbons (Fsp3) is 0.235. The van der Waals surface area contributed by atoms with Crippen molar-refractivity contribution in [1.82, 2.24) is 4.72 Å². The van der Waals surface area contributed by atoms with Gasteiger partial charge in [-0.1, -0.05) is 12.1 Å². The second-order valence-electron chi connectivity index (χ2n) is 6.58. The number of halogens is 3. The second-order valence-corrected chi connectivity index (χ2v) is 10.0. The molecule has 0 radical (unpaired) electrons. The van der Waals surface area contributed by atoms with E-state index in [1.54, 1.807) is 4.72 Å². The molecule has 0 aromatic heterocycles. The summed E-state index contributed by atoms with van der Waals surface area (Å²) in [5.41, 5.74) is -0.480. The number of carbonyl (C=O) groups is 1. The molecule has 1 aliphatic rings. The summed E-state index contributed by atoms with van der Waals surface area (Å²) >= 11 is 0. The van der Waals surface area contributed by atoms with Gasteiger partial charge in [0.1, 0.15) is 5.82 Å². The molecule has 0 aliphatic heterocycles. The molecule has 0 saturated heterocycles. The average Bonchev–Trinajstić information content (AvgIpc) is 3.38. The van der Waals surface area contributed by atoms with E-state index < -0.39 is 65.8 Å². The van der Waals surface area contributed by atoms with Crippen molar-refractivity contribution < 1.29 is 34.8 Å². The maximum Gasteiger partial charge on any atom is 0.264 e. The predicted octanol–water partition coefficient (Wildman–Crippen LogP) is 2.08. The van der Waals surface area contributed by atoms with Crippen LogP contribution in [-0.2, 0) is 24.8 Å². The SMILES string of the molecule is CS(=O)(=O)Nc1ccc(S(=O)(=O)NC(=O)[C@H]2C[C@H]2c2cccc(F)c2F)cc1F. The first kappa shape index (κ1) is 21.1. The molecule has 156 valence electrons. The molecule has 2 aromatic carbocycles. The van der Waals surface area contributed by atoms with E-state index in [-0.39, 0.29) is 12.0 Å². The van der Waals surface area contributed by atoms with E-state index in [4.69, 9.17) is 0 Å². The van der Waals surface area contributed by atoms with Crippen molar-refractivity contribution >= 4 is 31.6 Å². The number of hydrogen-bond donors (Lipinski definition) is 2. The lowest BCUT2D eigenvalue weighted by atomic mass is 10.1. The summed E-state index contributed by atoms with van der Waals surface area (Å²) < 4.78 is 91.7. The first-order chi connectivity index (χ1) is 13.4. The molecule has 3 rings (SSSR count). The van der Waals surface area contributed by atoms with Crippen LogP contribution < -0.4 is 9.44 Å². The lowest BCUT2D eigenvalue weighted by Gasteiger charge is -2.10. The summed E-state index contributed by atoms with van der Waals surface area (Å²) in [5, 5.41) is 0.